The van der Waals surface area contributed by atoms with E-state index >= 15 is 0 Å². The van der Waals surface area contributed by atoms with E-state index in [1.54, 1.807) is 22.7 Å². The van der Waals surface area contributed by atoms with Crippen LogP contribution in [0.15, 0.2) is 17.5 Å². The lowest BCUT2D eigenvalue weighted by Crippen LogP contribution is -2.34. The summed E-state index contributed by atoms with van der Waals surface area (Å²) in [5, 5.41) is 2.93. The maximum Gasteiger partial charge on any atom is 0.264 e. The first-order valence-corrected chi connectivity index (χ1v) is 8.45. The summed E-state index contributed by atoms with van der Waals surface area (Å²) in [4.78, 5) is 15.3. The number of thiophene rings is 2. The number of amides is 1. The summed E-state index contributed by atoms with van der Waals surface area (Å²) in [6, 6.07) is 4.62. The van der Waals surface area contributed by atoms with Crippen LogP contribution in [-0.4, -0.2) is 28.7 Å². The zero-order chi connectivity index (χ0) is 11.8. The van der Waals surface area contributed by atoms with Gasteiger partial charge in [0.1, 0.15) is 0 Å². The molecule has 1 saturated carbocycles. The van der Waals surface area contributed by atoms with Gasteiger partial charge in [-0.2, -0.15) is 0 Å². The lowest BCUT2D eigenvalue weighted by atomic mass is 10.3. The molecule has 0 radical (unpaired) electrons. The topological polar surface area (TPSA) is 20.3 Å². The number of rotatable bonds is 4. The predicted molar refractivity (Wildman–Crippen MR) is 77.6 cm³/mol. The average Bonchev–Trinajstić information content (AvgIpc) is 2.91. The van der Waals surface area contributed by atoms with Gasteiger partial charge in [0.15, 0.2) is 0 Å². The molecule has 1 fully saturated rings. The molecule has 2 aromatic rings. The second-order valence-electron chi connectivity index (χ2n) is 4.18. The lowest BCUT2D eigenvalue weighted by Gasteiger charge is -2.20. The van der Waals surface area contributed by atoms with Crippen molar-refractivity contribution in [2.75, 3.05) is 11.9 Å². The number of halogens is 1. The van der Waals surface area contributed by atoms with Crippen molar-refractivity contribution in [1.82, 2.24) is 4.90 Å². The van der Waals surface area contributed by atoms with Crippen LogP contribution in [0.5, 0.6) is 0 Å². The quantitative estimate of drug-likeness (QED) is 0.777. The largest absolute Gasteiger partial charge is 0.334 e. The van der Waals surface area contributed by atoms with Gasteiger partial charge in [0.05, 0.1) is 4.88 Å². The molecule has 2 aromatic heterocycles. The third-order valence-corrected chi connectivity index (χ3v) is 5.36. The fraction of sp³-hybridized carbons (Fsp3) is 0.417. The Labute approximate surface area is 116 Å². The van der Waals surface area contributed by atoms with Crippen LogP contribution in [0.25, 0.3) is 9.40 Å². The number of carbonyl (C=O) groups excluding carboxylic acids is 1. The standard InChI is InChI=1S/C12H12BrNOS2/c13-4-5-14(8-1-2-8)12(15)11-7-10-9(17-11)3-6-16-10/h3,6-8H,1-2,4-5H2. The molecule has 2 nitrogen and oxygen atoms in total. The van der Waals surface area contributed by atoms with Crippen LogP contribution in [-0.2, 0) is 0 Å². The first-order valence-electron chi connectivity index (χ1n) is 5.63. The summed E-state index contributed by atoms with van der Waals surface area (Å²) in [7, 11) is 0. The Balaban J connectivity index is 1.86. The minimum atomic E-state index is 0.209. The molecule has 1 amide bonds. The average molecular weight is 330 g/mol. The molecule has 0 N–H and O–H groups in total. The minimum absolute atomic E-state index is 0.209. The number of nitrogens with zero attached hydrogens (tertiary/aromatic N) is 1. The Kier molecular flexibility index (Phi) is 3.23. The summed E-state index contributed by atoms with van der Waals surface area (Å²) in [5.74, 6) is 0.209. The van der Waals surface area contributed by atoms with Crippen LogP contribution >= 0.6 is 38.6 Å². The Morgan fingerprint density at radius 2 is 2.29 bits per heavy atom. The maximum atomic E-state index is 12.4. The van der Waals surface area contributed by atoms with Crippen molar-refractivity contribution in [1.29, 1.82) is 0 Å². The van der Waals surface area contributed by atoms with Crippen LogP contribution in [0, 0.1) is 0 Å². The first-order chi connectivity index (χ1) is 8.29. The van der Waals surface area contributed by atoms with Gasteiger partial charge in [0.25, 0.3) is 5.91 Å². The van der Waals surface area contributed by atoms with Crippen molar-refractivity contribution < 1.29 is 4.79 Å². The zero-order valence-electron chi connectivity index (χ0n) is 9.19. The van der Waals surface area contributed by atoms with E-state index in [1.807, 2.05) is 11.0 Å². The normalized spacial score (nSPS) is 15.4. The van der Waals surface area contributed by atoms with E-state index in [9.17, 15) is 4.79 Å². The second-order valence-corrected chi connectivity index (χ2v) is 7.00. The van der Waals surface area contributed by atoms with Crippen molar-refractivity contribution in [2.45, 2.75) is 18.9 Å². The molecule has 0 unspecified atom stereocenters. The third-order valence-electron chi connectivity index (χ3n) is 2.92. The number of hydrogen-bond acceptors (Lipinski definition) is 3. The molecule has 3 rings (SSSR count). The van der Waals surface area contributed by atoms with Crippen molar-refractivity contribution in [3.8, 4) is 0 Å². The van der Waals surface area contributed by atoms with Crippen molar-refractivity contribution >= 4 is 53.9 Å². The van der Waals surface area contributed by atoms with E-state index in [1.165, 1.54) is 22.2 Å². The minimum Gasteiger partial charge on any atom is -0.334 e. The number of hydrogen-bond donors (Lipinski definition) is 0. The van der Waals surface area contributed by atoms with Gasteiger partial charge < -0.3 is 4.90 Å². The van der Waals surface area contributed by atoms with E-state index < -0.39 is 0 Å². The number of fused-ring (bicyclic) bond motifs is 1. The van der Waals surface area contributed by atoms with Gasteiger partial charge in [-0.1, -0.05) is 15.9 Å². The van der Waals surface area contributed by atoms with E-state index in [0.717, 1.165) is 16.8 Å². The van der Waals surface area contributed by atoms with Crippen LogP contribution in [0.4, 0.5) is 0 Å². The van der Waals surface area contributed by atoms with E-state index in [-0.39, 0.29) is 5.91 Å². The zero-order valence-corrected chi connectivity index (χ0v) is 12.4. The monoisotopic (exact) mass is 329 g/mol. The fourth-order valence-electron chi connectivity index (χ4n) is 1.94. The van der Waals surface area contributed by atoms with Gasteiger partial charge in [0, 0.05) is 27.3 Å². The Morgan fingerprint density at radius 1 is 1.47 bits per heavy atom. The molecule has 0 aromatic carbocycles. The van der Waals surface area contributed by atoms with Crippen molar-refractivity contribution in [3.05, 3.63) is 22.4 Å². The van der Waals surface area contributed by atoms with E-state index in [0.29, 0.717) is 6.04 Å². The molecule has 90 valence electrons. The molecular formula is C12H12BrNOS2. The second kappa shape index (κ2) is 4.71. The van der Waals surface area contributed by atoms with Gasteiger partial charge in [-0.3, -0.25) is 4.79 Å². The highest BCUT2D eigenvalue weighted by atomic mass is 79.9. The van der Waals surface area contributed by atoms with Gasteiger partial charge in [0.2, 0.25) is 0 Å². The summed E-state index contributed by atoms with van der Waals surface area (Å²) in [6.45, 7) is 0.815. The Bertz CT molecular complexity index is 515. The van der Waals surface area contributed by atoms with Crippen LogP contribution in [0.2, 0.25) is 0 Å². The molecule has 1 aliphatic rings. The van der Waals surface area contributed by atoms with Crippen molar-refractivity contribution in [3.63, 3.8) is 0 Å². The molecule has 0 aliphatic heterocycles. The maximum absolute atomic E-state index is 12.4. The van der Waals surface area contributed by atoms with Crippen LogP contribution < -0.4 is 0 Å². The highest BCUT2D eigenvalue weighted by Gasteiger charge is 2.33. The first kappa shape index (κ1) is 11.7. The fourth-order valence-corrected chi connectivity index (χ4v) is 4.39. The SMILES string of the molecule is O=C(c1cc2sccc2s1)N(CCBr)C1CC1. The Hall–Kier alpha value is -0.390. The Morgan fingerprint density at radius 3 is 2.94 bits per heavy atom. The van der Waals surface area contributed by atoms with Crippen molar-refractivity contribution in [2.24, 2.45) is 0 Å². The summed E-state index contributed by atoms with van der Waals surface area (Å²) in [5.41, 5.74) is 0. The molecule has 0 spiro atoms. The van der Waals surface area contributed by atoms with Gasteiger partial charge in [-0.05, 0) is 30.4 Å². The van der Waals surface area contributed by atoms with Crippen LogP contribution in [0.1, 0.15) is 22.5 Å². The van der Waals surface area contributed by atoms with Crippen LogP contribution in [0.3, 0.4) is 0 Å². The summed E-state index contributed by atoms with van der Waals surface area (Å²) >= 11 is 6.75. The predicted octanol–water partition coefficient (Wildman–Crippen LogP) is 3.96. The molecule has 0 saturated heterocycles. The molecule has 17 heavy (non-hydrogen) atoms. The van der Waals surface area contributed by atoms with Gasteiger partial charge >= 0.3 is 0 Å². The smallest absolute Gasteiger partial charge is 0.264 e. The van der Waals surface area contributed by atoms with Gasteiger partial charge in [-0.15, -0.1) is 22.7 Å². The molecular weight excluding hydrogens is 318 g/mol. The highest BCUT2D eigenvalue weighted by Crippen LogP contribution is 2.33. The molecule has 5 heteroatoms. The number of alkyl halides is 1. The summed E-state index contributed by atoms with van der Waals surface area (Å²) < 4.78 is 2.46. The molecule has 0 atom stereocenters. The van der Waals surface area contributed by atoms with E-state index in [4.69, 9.17) is 0 Å². The highest BCUT2D eigenvalue weighted by molar-refractivity contribution is 9.09. The number of carbonyl (C=O) groups is 1. The molecule has 1 aliphatic carbocycles. The lowest BCUT2D eigenvalue weighted by molar-refractivity contribution is 0.0759. The molecule has 2 heterocycles. The molecule has 0 bridgehead atoms. The van der Waals surface area contributed by atoms with E-state index in [2.05, 4.69) is 27.4 Å². The third kappa shape index (κ3) is 2.28. The summed E-state index contributed by atoms with van der Waals surface area (Å²) in [6.07, 6.45) is 2.33. The van der Waals surface area contributed by atoms with Gasteiger partial charge in [-0.25, -0.2) is 0 Å².